The average molecular weight is 258 g/mol. The molecule has 0 bridgehead atoms. The minimum absolute atomic E-state index is 0.0391. The molecule has 4 heteroatoms. The molecule has 3 rings (SSSR count). The average Bonchev–Trinajstić information content (AvgIpc) is 3.23. The van der Waals surface area contributed by atoms with Crippen molar-refractivity contribution in [2.45, 2.75) is 18.8 Å². The summed E-state index contributed by atoms with van der Waals surface area (Å²) in [4.78, 5) is 25.6. The highest BCUT2D eigenvalue weighted by molar-refractivity contribution is 5.88. The van der Waals surface area contributed by atoms with Crippen LogP contribution < -0.4 is 5.32 Å². The fourth-order valence-corrected chi connectivity index (χ4v) is 2.77. The minimum Gasteiger partial charge on any atom is -0.354 e. The second-order valence-electron chi connectivity index (χ2n) is 5.32. The summed E-state index contributed by atoms with van der Waals surface area (Å²) < 4.78 is 0. The van der Waals surface area contributed by atoms with E-state index in [4.69, 9.17) is 0 Å². The van der Waals surface area contributed by atoms with Crippen LogP contribution in [-0.4, -0.2) is 36.3 Å². The van der Waals surface area contributed by atoms with Crippen molar-refractivity contribution in [2.75, 3.05) is 19.6 Å². The van der Waals surface area contributed by atoms with Gasteiger partial charge in [0.1, 0.15) is 0 Å². The third-order valence-electron chi connectivity index (χ3n) is 3.91. The molecule has 0 spiro atoms. The lowest BCUT2D eigenvalue weighted by atomic mass is 10.1. The van der Waals surface area contributed by atoms with Crippen LogP contribution in [0, 0.1) is 5.92 Å². The number of benzene rings is 1. The summed E-state index contributed by atoms with van der Waals surface area (Å²) in [5.41, 5.74) is 1.24. The Labute approximate surface area is 112 Å². The van der Waals surface area contributed by atoms with Gasteiger partial charge in [0, 0.05) is 19.0 Å². The number of nitrogens with zero attached hydrogens (tertiary/aromatic N) is 1. The number of amides is 2. The molecule has 1 N–H and O–H groups in total. The first kappa shape index (κ1) is 12.2. The Morgan fingerprint density at radius 1 is 1.26 bits per heavy atom. The summed E-state index contributed by atoms with van der Waals surface area (Å²) in [5, 5.41) is 2.80. The highest BCUT2D eigenvalue weighted by atomic mass is 16.2. The molecule has 1 heterocycles. The van der Waals surface area contributed by atoms with Gasteiger partial charge in [0.25, 0.3) is 0 Å². The quantitative estimate of drug-likeness (QED) is 0.864. The Morgan fingerprint density at radius 2 is 2.05 bits per heavy atom. The molecule has 2 amide bonds. The lowest BCUT2D eigenvalue weighted by Crippen LogP contribution is -2.38. The molecular formula is C15H18N2O2. The van der Waals surface area contributed by atoms with Gasteiger partial charge in [-0.15, -0.1) is 0 Å². The standard InChI is InChI=1S/C15H18N2O2/c18-14-10-17(8-4-7-16-14)15(19)13-9-12(13)11-5-2-1-3-6-11/h1-3,5-6,12-13H,4,7-10H2,(H,16,18). The summed E-state index contributed by atoms with van der Waals surface area (Å²) >= 11 is 0. The predicted molar refractivity (Wildman–Crippen MR) is 71.5 cm³/mol. The second-order valence-corrected chi connectivity index (χ2v) is 5.32. The number of hydrogen-bond acceptors (Lipinski definition) is 2. The van der Waals surface area contributed by atoms with Gasteiger partial charge < -0.3 is 10.2 Å². The number of carbonyl (C=O) groups is 2. The third kappa shape index (κ3) is 2.62. The van der Waals surface area contributed by atoms with E-state index >= 15 is 0 Å². The number of hydrogen-bond donors (Lipinski definition) is 1. The first-order valence-corrected chi connectivity index (χ1v) is 6.86. The number of nitrogens with one attached hydrogen (secondary N) is 1. The Morgan fingerprint density at radius 3 is 2.84 bits per heavy atom. The van der Waals surface area contributed by atoms with E-state index in [2.05, 4.69) is 17.4 Å². The number of rotatable bonds is 2. The molecule has 1 aliphatic heterocycles. The van der Waals surface area contributed by atoms with Gasteiger partial charge in [-0.1, -0.05) is 30.3 Å². The maximum atomic E-state index is 12.4. The van der Waals surface area contributed by atoms with Gasteiger partial charge in [-0.2, -0.15) is 0 Å². The molecule has 0 aromatic heterocycles. The molecule has 1 saturated heterocycles. The van der Waals surface area contributed by atoms with Crippen molar-refractivity contribution in [3.8, 4) is 0 Å². The van der Waals surface area contributed by atoms with Crippen molar-refractivity contribution in [1.29, 1.82) is 0 Å². The lowest BCUT2D eigenvalue weighted by Gasteiger charge is -2.19. The Balaban J connectivity index is 1.64. The van der Waals surface area contributed by atoms with E-state index in [-0.39, 0.29) is 24.3 Å². The summed E-state index contributed by atoms with van der Waals surface area (Å²) in [7, 11) is 0. The van der Waals surface area contributed by atoms with E-state index < -0.39 is 0 Å². The van der Waals surface area contributed by atoms with Gasteiger partial charge in [-0.25, -0.2) is 0 Å². The molecule has 100 valence electrons. The maximum Gasteiger partial charge on any atom is 0.239 e. The molecule has 2 aliphatic rings. The van der Waals surface area contributed by atoms with Crippen molar-refractivity contribution in [3.05, 3.63) is 35.9 Å². The molecule has 1 saturated carbocycles. The Kier molecular flexibility index (Phi) is 3.23. The van der Waals surface area contributed by atoms with Crippen LogP contribution in [0.2, 0.25) is 0 Å². The molecule has 2 fully saturated rings. The highest BCUT2D eigenvalue weighted by Gasteiger charge is 2.45. The normalized spacial score (nSPS) is 26.5. The van der Waals surface area contributed by atoms with Crippen LogP contribution in [0.15, 0.2) is 30.3 Å². The first-order valence-electron chi connectivity index (χ1n) is 6.86. The van der Waals surface area contributed by atoms with Crippen LogP contribution in [-0.2, 0) is 9.59 Å². The van der Waals surface area contributed by atoms with E-state index in [0.29, 0.717) is 19.0 Å². The summed E-state index contributed by atoms with van der Waals surface area (Å²) in [6.45, 7) is 1.59. The van der Waals surface area contributed by atoms with Crippen LogP contribution in [0.3, 0.4) is 0 Å². The smallest absolute Gasteiger partial charge is 0.239 e. The van der Waals surface area contributed by atoms with Crippen molar-refractivity contribution in [2.24, 2.45) is 5.92 Å². The first-order chi connectivity index (χ1) is 9.25. The van der Waals surface area contributed by atoms with Gasteiger partial charge in [-0.3, -0.25) is 9.59 Å². The van der Waals surface area contributed by atoms with Crippen LogP contribution in [0.25, 0.3) is 0 Å². The summed E-state index contributed by atoms with van der Waals surface area (Å²) in [5.74, 6) is 0.530. The van der Waals surface area contributed by atoms with Gasteiger partial charge in [0.05, 0.1) is 6.54 Å². The zero-order chi connectivity index (χ0) is 13.2. The molecule has 2 unspecified atom stereocenters. The second kappa shape index (κ2) is 5.03. The lowest BCUT2D eigenvalue weighted by molar-refractivity contribution is -0.136. The van der Waals surface area contributed by atoms with Crippen molar-refractivity contribution >= 4 is 11.8 Å². The van der Waals surface area contributed by atoms with Gasteiger partial charge in [0.15, 0.2) is 0 Å². The zero-order valence-electron chi connectivity index (χ0n) is 10.8. The van der Waals surface area contributed by atoms with Crippen molar-refractivity contribution in [1.82, 2.24) is 10.2 Å². The van der Waals surface area contributed by atoms with Crippen LogP contribution in [0.5, 0.6) is 0 Å². The van der Waals surface area contributed by atoms with E-state index in [1.54, 1.807) is 4.90 Å². The fourth-order valence-electron chi connectivity index (χ4n) is 2.77. The molecule has 2 atom stereocenters. The largest absolute Gasteiger partial charge is 0.354 e. The third-order valence-corrected chi connectivity index (χ3v) is 3.91. The SMILES string of the molecule is O=C1CN(C(=O)C2CC2c2ccccc2)CCCN1. The fraction of sp³-hybridized carbons (Fsp3) is 0.467. The highest BCUT2D eigenvalue weighted by Crippen LogP contribution is 2.48. The topological polar surface area (TPSA) is 49.4 Å². The molecule has 1 aromatic rings. The van der Waals surface area contributed by atoms with Crippen LogP contribution in [0.4, 0.5) is 0 Å². The van der Waals surface area contributed by atoms with Gasteiger partial charge in [-0.05, 0) is 24.3 Å². The van der Waals surface area contributed by atoms with E-state index in [1.165, 1.54) is 5.56 Å². The molecule has 1 aliphatic carbocycles. The molecule has 4 nitrogen and oxygen atoms in total. The predicted octanol–water partition coefficient (Wildman–Crippen LogP) is 1.14. The maximum absolute atomic E-state index is 12.4. The molecule has 1 aromatic carbocycles. The van der Waals surface area contributed by atoms with Crippen LogP contribution >= 0.6 is 0 Å². The zero-order valence-corrected chi connectivity index (χ0v) is 10.8. The van der Waals surface area contributed by atoms with Gasteiger partial charge in [0.2, 0.25) is 11.8 Å². The van der Waals surface area contributed by atoms with E-state index in [0.717, 1.165) is 12.8 Å². The van der Waals surface area contributed by atoms with E-state index in [9.17, 15) is 9.59 Å². The molecule has 0 radical (unpaired) electrons. The molecular weight excluding hydrogens is 240 g/mol. The van der Waals surface area contributed by atoms with E-state index in [1.807, 2.05) is 18.2 Å². The summed E-state index contributed by atoms with van der Waals surface area (Å²) in [6, 6.07) is 10.2. The van der Waals surface area contributed by atoms with Gasteiger partial charge >= 0.3 is 0 Å². The van der Waals surface area contributed by atoms with Crippen molar-refractivity contribution < 1.29 is 9.59 Å². The Hall–Kier alpha value is -1.84. The van der Waals surface area contributed by atoms with Crippen molar-refractivity contribution in [3.63, 3.8) is 0 Å². The number of carbonyl (C=O) groups excluding carboxylic acids is 2. The van der Waals surface area contributed by atoms with Crippen LogP contribution in [0.1, 0.15) is 24.3 Å². The Bertz CT molecular complexity index is 486. The minimum atomic E-state index is -0.0391. The monoisotopic (exact) mass is 258 g/mol. The molecule has 19 heavy (non-hydrogen) atoms. The summed E-state index contributed by atoms with van der Waals surface area (Å²) in [6.07, 6.45) is 1.77.